The van der Waals surface area contributed by atoms with Crippen molar-refractivity contribution in [3.05, 3.63) is 95.1 Å². The summed E-state index contributed by atoms with van der Waals surface area (Å²) in [5, 5.41) is 5.39. The van der Waals surface area contributed by atoms with Gasteiger partial charge < -0.3 is 20.1 Å². The van der Waals surface area contributed by atoms with Gasteiger partial charge in [-0.15, -0.1) is 26.3 Å². The fourth-order valence-electron chi connectivity index (χ4n) is 3.33. The van der Waals surface area contributed by atoms with E-state index < -0.39 is 36.0 Å². The zero-order valence-electron chi connectivity index (χ0n) is 19.7. The van der Waals surface area contributed by atoms with Gasteiger partial charge >= 0.3 is 12.7 Å². The smallest absolute Gasteiger partial charge is 0.406 e. The minimum Gasteiger partial charge on any atom is -0.406 e. The van der Waals surface area contributed by atoms with Crippen LogP contribution in [0.3, 0.4) is 0 Å². The van der Waals surface area contributed by atoms with Crippen LogP contribution in [0.2, 0.25) is 0 Å². The van der Waals surface area contributed by atoms with E-state index >= 15 is 0 Å². The molecule has 0 aliphatic carbocycles. The Morgan fingerprint density at radius 2 is 0.868 bits per heavy atom. The molecule has 0 atom stereocenters. The van der Waals surface area contributed by atoms with Crippen LogP contribution in [-0.4, -0.2) is 37.6 Å². The van der Waals surface area contributed by atoms with Crippen molar-refractivity contribution in [2.45, 2.75) is 25.6 Å². The van der Waals surface area contributed by atoms with Gasteiger partial charge in [0.05, 0.1) is 0 Å². The van der Waals surface area contributed by atoms with E-state index in [2.05, 4.69) is 20.1 Å². The Morgan fingerprint density at radius 3 is 1.16 bits per heavy atom. The number of hydrogen-bond acceptors (Lipinski definition) is 4. The van der Waals surface area contributed by atoms with Gasteiger partial charge in [-0.2, -0.15) is 0 Å². The number of carbonyl (C=O) groups excluding carboxylic acids is 2. The largest absolute Gasteiger partial charge is 0.573 e. The highest BCUT2D eigenvalue weighted by Gasteiger charge is 2.31. The number of amides is 2. The lowest BCUT2D eigenvalue weighted by atomic mass is 10.1. The molecule has 3 aromatic rings. The standard InChI is InChI=1S/C26H22F6N2O4/c27-25(28,29)37-21-9-5-19(6-10-21)23(35)33-15-13-17-1-2-18(4-3-17)14-16-34-24(36)20-7-11-22(12-8-20)38-26(30,31)32/h1-12H,13-16H2,(H,33,35)(H,34,36). The average Bonchev–Trinajstić information content (AvgIpc) is 2.84. The first-order valence-electron chi connectivity index (χ1n) is 11.2. The molecule has 12 heteroatoms. The van der Waals surface area contributed by atoms with Crippen molar-refractivity contribution in [3.8, 4) is 11.5 Å². The second-order valence-corrected chi connectivity index (χ2v) is 7.97. The summed E-state index contributed by atoms with van der Waals surface area (Å²) in [5.41, 5.74) is 2.27. The summed E-state index contributed by atoms with van der Waals surface area (Å²) in [6.07, 6.45) is -8.57. The van der Waals surface area contributed by atoms with E-state index in [4.69, 9.17) is 0 Å². The maximum atomic E-state index is 12.2. The maximum Gasteiger partial charge on any atom is 0.573 e. The third kappa shape index (κ3) is 9.68. The normalized spacial score (nSPS) is 11.5. The molecule has 38 heavy (non-hydrogen) atoms. The van der Waals surface area contributed by atoms with Crippen LogP contribution in [0.1, 0.15) is 31.8 Å². The molecule has 0 aliphatic rings. The van der Waals surface area contributed by atoms with E-state index in [1.54, 1.807) is 0 Å². The lowest BCUT2D eigenvalue weighted by molar-refractivity contribution is -0.275. The van der Waals surface area contributed by atoms with Crippen molar-refractivity contribution in [2.24, 2.45) is 0 Å². The van der Waals surface area contributed by atoms with Crippen molar-refractivity contribution in [3.63, 3.8) is 0 Å². The highest BCUT2D eigenvalue weighted by molar-refractivity contribution is 5.94. The third-order valence-electron chi connectivity index (χ3n) is 5.12. The monoisotopic (exact) mass is 540 g/mol. The number of carbonyl (C=O) groups is 2. The molecule has 0 spiro atoms. The molecule has 0 radical (unpaired) electrons. The van der Waals surface area contributed by atoms with Gasteiger partial charge in [-0.1, -0.05) is 24.3 Å². The highest BCUT2D eigenvalue weighted by atomic mass is 19.4. The van der Waals surface area contributed by atoms with E-state index in [1.807, 2.05) is 24.3 Å². The lowest BCUT2D eigenvalue weighted by Gasteiger charge is -2.10. The second-order valence-electron chi connectivity index (χ2n) is 7.97. The number of ether oxygens (including phenoxy) is 2. The second kappa shape index (κ2) is 12.3. The Kier molecular flexibility index (Phi) is 9.21. The molecule has 0 saturated carbocycles. The van der Waals surface area contributed by atoms with Crippen molar-refractivity contribution in [1.29, 1.82) is 0 Å². The molecule has 202 valence electrons. The highest BCUT2D eigenvalue weighted by Crippen LogP contribution is 2.23. The molecule has 0 bridgehead atoms. The molecule has 0 fully saturated rings. The predicted molar refractivity (Wildman–Crippen MR) is 125 cm³/mol. The van der Waals surface area contributed by atoms with Crippen LogP contribution in [-0.2, 0) is 12.8 Å². The van der Waals surface area contributed by atoms with E-state index in [-0.39, 0.29) is 11.1 Å². The Morgan fingerprint density at radius 1 is 0.553 bits per heavy atom. The van der Waals surface area contributed by atoms with Crippen LogP contribution in [0.15, 0.2) is 72.8 Å². The number of nitrogens with one attached hydrogen (secondary N) is 2. The van der Waals surface area contributed by atoms with E-state index in [0.29, 0.717) is 25.9 Å². The molecule has 0 saturated heterocycles. The van der Waals surface area contributed by atoms with Gasteiger partial charge in [-0.05, 0) is 72.5 Å². The number of hydrogen-bond donors (Lipinski definition) is 2. The lowest BCUT2D eigenvalue weighted by Crippen LogP contribution is -2.26. The topological polar surface area (TPSA) is 76.7 Å². The summed E-state index contributed by atoms with van der Waals surface area (Å²) in [5.74, 6) is -1.69. The van der Waals surface area contributed by atoms with E-state index in [0.717, 1.165) is 35.4 Å². The summed E-state index contributed by atoms with van der Waals surface area (Å²) in [7, 11) is 0. The van der Waals surface area contributed by atoms with E-state index in [9.17, 15) is 35.9 Å². The molecule has 2 amide bonds. The maximum absolute atomic E-state index is 12.2. The van der Waals surface area contributed by atoms with Gasteiger partial charge in [-0.25, -0.2) is 0 Å². The van der Waals surface area contributed by atoms with Crippen molar-refractivity contribution < 1.29 is 45.4 Å². The predicted octanol–water partition coefficient (Wildman–Crippen LogP) is 5.43. The SMILES string of the molecule is O=C(NCCc1ccc(CCNC(=O)c2ccc(OC(F)(F)F)cc2)cc1)c1ccc(OC(F)(F)F)cc1. The van der Waals surface area contributed by atoms with Crippen LogP contribution < -0.4 is 20.1 Å². The van der Waals surface area contributed by atoms with Crippen molar-refractivity contribution >= 4 is 11.8 Å². The molecule has 2 N–H and O–H groups in total. The number of alkyl halides is 6. The molecule has 0 heterocycles. The average molecular weight is 540 g/mol. The minimum absolute atomic E-state index is 0.197. The van der Waals surface area contributed by atoms with Crippen molar-refractivity contribution in [2.75, 3.05) is 13.1 Å². The van der Waals surface area contributed by atoms with Gasteiger partial charge in [0.15, 0.2) is 0 Å². The number of halogens is 6. The van der Waals surface area contributed by atoms with Crippen LogP contribution in [0.25, 0.3) is 0 Å². The van der Waals surface area contributed by atoms with Crippen LogP contribution in [0, 0.1) is 0 Å². The van der Waals surface area contributed by atoms with Crippen LogP contribution >= 0.6 is 0 Å². The number of benzene rings is 3. The fraction of sp³-hybridized carbons (Fsp3) is 0.231. The van der Waals surface area contributed by atoms with Gasteiger partial charge in [-0.3, -0.25) is 9.59 Å². The molecule has 3 rings (SSSR count). The zero-order valence-corrected chi connectivity index (χ0v) is 19.7. The first-order valence-corrected chi connectivity index (χ1v) is 11.2. The first kappa shape index (κ1) is 28.4. The molecule has 6 nitrogen and oxygen atoms in total. The Balaban J connectivity index is 1.38. The summed E-state index contributed by atoms with van der Waals surface area (Å²) in [6, 6.07) is 16.7. The summed E-state index contributed by atoms with van der Waals surface area (Å²) in [4.78, 5) is 24.3. The Hall–Kier alpha value is -4.22. The summed E-state index contributed by atoms with van der Waals surface area (Å²) >= 11 is 0. The number of rotatable bonds is 10. The quantitative estimate of drug-likeness (QED) is 0.337. The van der Waals surface area contributed by atoms with Gasteiger partial charge in [0.25, 0.3) is 11.8 Å². The molecular weight excluding hydrogens is 518 g/mol. The zero-order chi connectivity index (χ0) is 27.8. The Labute approximate surface area is 213 Å². The van der Waals surface area contributed by atoms with Crippen LogP contribution in [0.4, 0.5) is 26.3 Å². The first-order chi connectivity index (χ1) is 17.9. The molecule has 3 aromatic carbocycles. The third-order valence-corrected chi connectivity index (χ3v) is 5.12. The summed E-state index contributed by atoms with van der Waals surface area (Å²) < 4.78 is 80.8. The fourth-order valence-corrected chi connectivity index (χ4v) is 3.33. The van der Waals surface area contributed by atoms with Crippen LogP contribution in [0.5, 0.6) is 11.5 Å². The molecular formula is C26H22F6N2O4. The van der Waals surface area contributed by atoms with Gasteiger partial charge in [0.1, 0.15) is 11.5 Å². The molecule has 0 unspecified atom stereocenters. The Bertz CT molecular complexity index is 1110. The summed E-state index contributed by atoms with van der Waals surface area (Å²) in [6.45, 7) is 0.615. The minimum atomic E-state index is -4.80. The van der Waals surface area contributed by atoms with Gasteiger partial charge in [0.2, 0.25) is 0 Å². The van der Waals surface area contributed by atoms with E-state index in [1.165, 1.54) is 24.3 Å². The van der Waals surface area contributed by atoms with Gasteiger partial charge in [0, 0.05) is 24.2 Å². The molecule has 0 aliphatic heterocycles. The molecule has 0 aromatic heterocycles. The van der Waals surface area contributed by atoms with Crippen molar-refractivity contribution in [1.82, 2.24) is 10.6 Å².